The van der Waals surface area contributed by atoms with Gasteiger partial charge in [-0.1, -0.05) is 12.1 Å². The summed E-state index contributed by atoms with van der Waals surface area (Å²) in [6, 6.07) is 9.80. The van der Waals surface area contributed by atoms with Gasteiger partial charge in [0.25, 0.3) is 0 Å². The number of carbonyl (C=O) groups is 1. The van der Waals surface area contributed by atoms with Crippen LogP contribution in [0.5, 0.6) is 11.5 Å². The molecule has 9 nitrogen and oxygen atoms in total. The Kier molecular flexibility index (Phi) is 6.91. The van der Waals surface area contributed by atoms with Crippen molar-refractivity contribution in [2.75, 3.05) is 18.5 Å². The Morgan fingerprint density at radius 3 is 2.56 bits per heavy atom. The van der Waals surface area contributed by atoms with Crippen LogP contribution in [0.1, 0.15) is 30.5 Å². The maximum atomic E-state index is 11.8. The Balaban J connectivity index is 1.82. The number of nitrogens with one attached hydrogen (secondary N) is 1. The first-order chi connectivity index (χ1) is 16.5. The predicted molar refractivity (Wildman–Crippen MR) is 131 cm³/mol. The number of aromatic nitrogens is 4. The first-order valence-corrected chi connectivity index (χ1v) is 11.2. The normalized spacial score (nSPS) is 10.9. The molecule has 0 fully saturated rings. The lowest BCUT2D eigenvalue weighted by atomic mass is 10.0. The minimum atomic E-state index is -0.433. The highest BCUT2D eigenvalue weighted by Crippen LogP contribution is 2.38. The van der Waals surface area contributed by atoms with Gasteiger partial charge in [-0.25, -0.2) is 9.67 Å². The molecule has 3 N–H and O–H groups in total. The van der Waals surface area contributed by atoms with E-state index in [0.717, 1.165) is 33.4 Å². The lowest BCUT2D eigenvalue weighted by molar-refractivity contribution is -0.117. The first-order valence-electron chi connectivity index (χ1n) is 11.2. The molecule has 0 spiro atoms. The van der Waals surface area contributed by atoms with E-state index in [9.17, 15) is 4.79 Å². The van der Waals surface area contributed by atoms with Crippen LogP contribution in [0.2, 0.25) is 0 Å². The molecular formula is C25H28N6O3. The van der Waals surface area contributed by atoms with Gasteiger partial charge >= 0.3 is 0 Å². The SMILES string of the molecule is CCOc1cc2ncc(CC(N)=O)c(Nc3cccc(Cn4cncn4)c3C)c2cc1OCC. The number of hydrogen-bond donors (Lipinski definition) is 2. The van der Waals surface area contributed by atoms with Crippen molar-refractivity contribution in [3.63, 3.8) is 0 Å². The Hall–Kier alpha value is -4.14. The summed E-state index contributed by atoms with van der Waals surface area (Å²) in [5, 5.41) is 8.56. The van der Waals surface area contributed by atoms with Gasteiger partial charge in [-0.3, -0.25) is 9.78 Å². The lowest BCUT2D eigenvalue weighted by Crippen LogP contribution is -2.15. The van der Waals surface area contributed by atoms with Gasteiger partial charge in [0, 0.05) is 28.9 Å². The molecule has 0 aliphatic carbocycles. The third kappa shape index (κ3) is 4.93. The number of fused-ring (bicyclic) bond motifs is 1. The minimum Gasteiger partial charge on any atom is -0.490 e. The highest BCUT2D eigenvalue weighted by atomic mass is 16.5. The smallest absolute Gasteiger partial charge is 0.221 e. The van der Waals surface area contributed by atoms with Crippen molar-refractivity contribution in [2.45, 2.75) is 33.7 Å². The van der Waals surface area contributed by atoms with E-state index in [1.54, 1.807) is 17.2 Å². The number of primary amides is 1. The van der Waals surface area contributed by atoms with Crippen LogP contribution in [0.4, 0.5) is 11.4 Å². The molecule has 4 rings (SSSR count). The van der Waals surface area contributed by atoms with Crippen LogP contribution in [-0.4, -0.2) is 38.9 Å². The second kappa shape index (κ2) is 10.2. The molecule has 176 valence electrons. The van der Waals surface area contributed by atoms with Gasteiger partial charge < -0.3 is 20.5 Å². The van der Waals surface area contributed by atoms with E-state index in [2.05, 4.69) is 26.4 Å². The molecule has 0 saturated carbocycles. The predicted octanol–water partition coefficient (Wildman–Crippen LogP) is 3.75. The van der Waals surface area contributed by atoms with Gasteiger partial charge in [0.2, 0.25) is 5.91 Å². The number of rotatable bonds is 10. The Morgan fingerprint density at radius 1 is 1.12 bits per heavy atom. The van der Waals surface area contributed by atoms with Gasteiger partial charge in [-0.2, -0.15) is 5.10 Å². The number of pyridine rings is 1. The van der Waals surface area contributed by atoms with Crippen LogP contribution in [0.3, 0.4) is 0 Å². The van der Waals surface area contributed by atoms with Crippen LogP contribution in [0, 0.1) is 6.92 Å². The van der Waals surface area contributed by atoms with Gasteiger partial charge in [0.05, 0.1) is 37.4 Å². The quantitative estimate of drug-likeness (QED) is 0.370. The molecule has 0 bridgehead atoms. The fourth-order valence-corrected chi connectivity index (χ4v) is 3.86. The largest absolute Gasteiger partial charge is 0.490 e. The number of amides is 1. The zero-order valence-corrected chi connectivity index (χ0v) is 19.5. The molecular weight excluding hydrogens is 432 g/mol. The molecule has 0 radical (unpaired) electrons. The van der Waals surface area contributed by atoms with Gasteiger partial charge in [0.1, 0.15) is 12.7 Å². The number of carbonyl (C=O) groups excluding carboxylic acids is 1. The van der Waals surface area contributed by atoms with Gasteiger partial charge in [-0.15, -0.1) is 0 Å². The van der Waals surface area contributed by atoms with Crippen LogP contribution >= 0.6 is 0 Å². The Morgan fingerprint density at radius 2 is 1.88 bits per heavy atom. The fourth-order valence-electron chi connectivity index (χ4n) is 3.86. The topological polar surface area (TPSA) is 117 Å². The van der Waals surface area contributed by atoms with Crippen molar-refractivity contribution < 1.29 is 14.3 Å². The summed E-state index contributed by atoms with van der Waals surface area (Å²) < 4.78 is 13.4. The first kappa shape index (κ1) is 23.0. The van der Waals surface area contributed by atoms with Crippen LogP contribution in [0.25, 0.3) is 10.9 Å². The van der Waals surface area contributed by atoms with Crippen LogP contribution < -0.4 is 20.5 Å². The second-order valence-corrected chi connectivity index (χ2v) is 7.79. The lowest BCUT2D eigenvalue weighted by Gasteiger charge is -2.19. The van der Waals surface area contributed by atoms with E-state index in [4.69, 9.17) is 15.2 Å². The number of anilines is 2. The second-order valence-electron chi connectivity index (χ2n) is 7.79. The van der Waals surface area contributed by atoms with Crippen molar-refractivity contribution in [3.8, 4) is 11.5 Å². The number of hydrogen-bond acceptors (Lipinski definition) is 7. The third-order valence-corrected chi connectivity index (χ3v) is 5.48. The average Bonchev–Trinajstić information content (AvgIpc) is 3.32. The summed E-state index contributed by atoms with van der Waals surface area (Å²) in [7, 11) is 0. The number of nitrogens with zero attached hydrogens (tertiary/aromatic N) is 4. The average molecular weight is 461 g/mol. The maximum absolute atomic E-state index is 11.8. The van der Waals surface area contributed by atoms with Crippen molar-refractivity contribution in [3.05, 3.63) is 65.9 Å². The Bertz CT molecular complexity index is 1300. The summed E-state index contributed by atoms with van der Waals surface area (Å²) >= 11 is 0. The summed E-state index contributed by atoms with van der Waals surface area (Å²) in [6.07, 6.45) is 4.94. The molecule has 1 amide bonds. The summed E-state index contributed by atoms with van der Waals surface area (Å²) in [4.78, 5) is 20.4. The summed E-state index contributed by atoms with van der Waals surface area (Å²) in [5.41, 5.74) is 10.8. The number of benzene rings is 2. The fraction of sp³-hybridized carbons (Fsp3) is 0.280. The van der Waals surface area contributed by atoms with E-state index in [1.807, 2.05) is 45.0 Å². The van der Waals surface area contributed by atoms with Crippen molar-refractivity contribution in [2.24, 2.45) is 5.73 Å². The van der Waals surface area contributed by atoms with E-state index in [0.29, 0.717) is 36.8 Å². The van der Waals surface area contributed by atoms with Gasteiger partial charge in [-0.05, 0) is 44.0 Å². The van der Waals surface area contributed by atoms with E-state index in [-0.39, 0.29) is 6.42 Å². The number of nitrogens with two attached hydrogens (primary N) is 1. The van der Waals surface area contributed by atoms with Crippen molar-refractivity contribution in [1.29, 1.82) is 0 Å². The van der Waals surface area contributed by atoms with Crippen LogP contribution in [-0.2, 0) is 17.8 Å². The molecule has 2 aromatic heterocycles. The Labute approximate surface area is 197 Å². The van der Waals surface area contributed by atoms with Gasteiger partial charge in [0.15, 0.2) is 11.5 Å². The molecule has 34 heavy (non-hydrogen) atoms. The highest BCUT2D eigenvalue weighted by Gasteiger charge is 2.17. The molecule has 9 heteroatoms. The maximum Gasteiger partial charge on any atom is 0.221 e. The zero-order chi connectivity index (χ0) is 24.1. The highest BCUT2D eigenvalue weighted by molar-refractivity contribution is 5.98. The van der Waals surface area contributed by atoms with Crippen molar-refractivity contribution in [1.82, 2.24) is 19.7 Å². The molecule has 0 aliphatic heterocycles. The van der Waals surface area contributed by atoms with Crippen LogP contribution in [0.15, 0.2) is 49.2 Å². The minimum absolute atomic E-state index is 0.0557. The molecule has 4 aromatic rings. The molecule has 0 saturated heterocycles. The molecule has 0 unspecified atom stereocenters. The molecule has 0 atom stereocenters. The third-order valence-electron chi connectivity index (χ3n) is 5.48. The van der Waals surface area contributed by atoms with E-state index in [1.165, 1.54) is 6.33 Å². The van der Waals surface area contributed by atoms with E-state index < -0.39 is 5.91 Å². The number of ether oxygens (including phenoxy) is 2. The summed E-state index contributed by atoms with van der Waals surface area (Å²) in [5.74, 6) is 0.815. The summed E-state index contributed by atoms with van der Waals surface area (Å²) in [6.45, 7) is 7.49. The van der Waals surface area contributed by atoms with Crippen molar-refractivity contribution >= 4 is 28.2 Å². The molecule has 0 aliphatic rings. The monoisotopic (exact) mass is 460 g/mol. The standard InChI is InChI=1S/C25H28N6O3/c1-4-33-22-10-19-21(11-23(22)34-5-2)28-12-18(9-24(26)32)25(19)30-20-8-6-7-17(16(20)3)13-31-15-27-14-29-31/h6-8,10-12,14-15H,4-5,9,13H2,1-3H3,(H2,26,32)(H,28,30). The zero-order valence-electron chi connectivity index (χ0n) is 19.5. The molecule has 2 aromatic carbocycles. The van der Waals surface area contributed by atoms with E-state index >= 15 is 0 Å². The molecule has 2 heterocycles.